The third-order valence-electron chi connectivity index (χ3n) is 4.04. The molecule has 1 aromatic carbocycles. The summed E-state index contributed by atoms with van der Waals surface area (Å²) in [6, 6.07) is 9.42. The van der Waals surface area contributed by atoms with Crippen molar-refractivity contribution in [1.82, 2.24) is 10.2 Å². The van der Waals surface area contributed by atoms with E-state index in [2.05, 4.69) is 16.3 Å². The molecule has 1 atom stereocenters. The number of hydrogen-bond acceptors (Lipinski definition) is 6. The predicted octanol–water partition coefficient (Wildman–Crippen LogP) is 3.50. The maximum absolute atomic E-state index is 11.3. The van der Waals surface area contributed by atoms with Crippen LogP contribution in [0.15, 0.2) is 35.7 Å². The Kier molecular flexibility index (Phi) is 8.61. The number of hydrogen-bond donors (Lipinski definition) is 1. The average Bonchev–Trinajstić information content (AvgIpc) is 3.10. The van der Waals surface area contributed by atoms with Crippen LogP contribution in [0.1, 0.15) is 16.5 Å². The van der Waals surface area contributed by atoms with E-state index in [1.165, 1.54) is 12.0 Å². The summed E-state index contributed by atoms with van der Waals surface area (Å²) in [4.78, 5) is 14.5. The van der Waals surface area contributed by atoms with Crippen molar-refractivity contribution >= 4 is 41.8 Å². The third kappa shape index (κ3) is 4.83. The Labute approximate surface area is 163 Å². The van der Waals surface area contributed by atoms with Gasteiger partial charge in [0.25, 0.3) is 0 Å². The molecule has 0 radical (unpaired) electrons. The molecule has 0 bridgehead atoms. The molecule has 3 rings (SSSR count). The molecule has 2 aromatic rings. The number of nitrogens with zero attached hydrogens (tertiary/aromatic N) is 2. The number of ether oxygens (including phenoxy) is 1. The zero-order valence-corrected chi connectivity index (χ0v) is 16.2. The smallest absolute Gasteiger partial charge is 0.311 e. The first-order valence-corrected chi connectivity index (χ1v) is 8.39. The lowest BCUT2D eigenvalue weighted by Crippen LogP contribution is -2.45. The van der Waals surface area contributed by atoms with Crippen LogP contribution in [0, 0.1) is 10.1 Å². The minimum atomic E-state index is -0.383. The first-order valence-electron chi connectivity index (χ1n) is 7.51. The SMILES string of the molecule is COc1ccc([C@H](c2cccs2)N2CCNCC2)cc1[N+](=O)[O-].Cl.Cl. The van der Waals surface area contributed by atoms with Crippen LogP contribution in [0.2, 0.25) is 0 Å². The highest BCUT2D eigenvalue weighted by Crippen LogP contribution is 2.36. The van der Waals surface area contributed by atoms with Gasteiger partial charge in [0.2, 0.25) is 0 Å². The first kappa shape index (κ1) is 21.7. The lowest BCUT2D eigenvalue weighted by Gasteiger charge is -2.34. The number of nitrogens with one attached hydrogen (secondary N) is 1. The Morgan fingerprint density at radius 1 is 1.28 bits per heavy atom. The molecular weight excluding hydrogens is 385 g/mol. The van der Waals surface area contributed by atoms with Gasteiger partial charge in [-0.05, 0) is 23.1 Å². The summed E-state index contributed by atoms with van der Waals surface area (Å²) in [7, 11) is 1.45. The zero-order chi connectivity index (χ0) is 16.2. The molecule has 0 unspecified atom stereocenters. The largest absolute Gasteiger partial charge is 0.490 e. The van der Waals surface area contributed by atoms with Crippen molar-refractivity contribution in [1.29, 1.82) is 0 Å². The maximum Gasteiger partial charge on any atom is 0.311 e. The van der Waals surface area contributed by atoms with Crippen LogP contribution in [0.25, 0.3) is 0 Å². The van der Waals surface area contributed by atoms with Crippen molar-refractivity contribution < 1.29 is 9.66 Å². The lowest BCUT2D eigenvalue weighted by molar-refractivity contribution is -0.385. The first-order chi connectivity index (χ1) is 11.2. The van der Waals surface area contributed by atoms with Gasteiger partial charge in [0.05, 0.1) is 18.1 Å². The van der Waals surface area contributed by atoms with Gasteiger partial charge >= 0.3 is 5.69 Å². The van der Waals surface area contributed by atoms with E-state index < -0.39 is 0 Å². The van der Waals surface area contributed by atoms with Crippen molar-refractivity contribution in [2.24, 2.45) is 0 Å². The van der Waals surface area contributed by atoms with E-state index in [1.54, 1.807) is 23.5 Å². The van der Waals surface area contributed by atoms with Gasteiger partial charge in [0.15, 0.2) is 5.75 Å². The van der Waals surface area contributed by atoms with Crippen LogP contribution in [0.3, 0.4) is 0 Å². The third-order valence-corrected chi connectivity index (χ3v) is 4.97. The number of halogens is 2. The standard InChI is InChI=1S/C16H19N3O3S.2ClH/c1-22-14-5-4-12(11-13(14)19(20)21)16(15-3-2-10-23-15)18-8-6-17-7-9-18;;/h2-5,10-11,16-17H,6-9H2,1H3;2*1H/t16-;;/m1../s1. The highest BCUT2D eigenvalue weighted by atomic mass is 35.5. The van der Waals surface area contributed by atoms with E-state index in [-0.39, 0.29) is 41.5 Å². The van der Waals surface area contributed by atoms with Crippen LogP contribution in [0.4, 0.5) is 5.69 Å². The van der Waals surface area contributed by atoms with E-state index >= 15 is 0 Å². The number of methoxy groups -OCH3 is 1. The topological polar surface area (TPSA) is 67.6 Å². The summed E-state index contributed by atoms with van der Waals surface area (Å²) in [6.07, 6.45) is 0. The van der Waals surface area contributed by atoms with Crippen molar-refractivity contribution in [3.8, 4) is 5.75 Å². The molecule has 1 aliphatic heterocycles. The zero-order valence-electron chi connectivity index (χ0n) is 13.7. The molecule has 1 aromatic heterocycles. The molecule has 2 heterocycles. The maximum atomic E-state index is 11.3. The van der Waals surface area contributed by atoms with Crippen molar-refractivity contribution in [2.45, 2.75) is 6.04 Å². The monoisotopic (exact) mass is 405 g/mol. The van der Waals surface area contributed by atoms with E-state index in [0.717, 1.165) is 31.7 Å². The summed E-state index contributed by atoms with van der Waals surface area (Å²) >= 11 is 1.68. The number of rotatable bonds is 5. The van der Waals surface area contributed by atoms with Gasteiger partial charge in [0, 0.05) is 37.1 Å². The van der Waals surface area contributed by atoms with E-state index in [9.17, 15) is 10.1 Å². The molecule has 6 nitrogen and oxygen atoms in total. The van der Waals surface area contributed by atoms with Crippen molar-refractivity contribution in [2.75, 3.05) is 33.3 Å². The Balaban J connectivity index is 0.00000156. The highest BCUT2D eigenvalue weighted by molar-refractivity contribution is 7.10. The molecule has 0 amide bonds. The van der Waals surface area contributed by atoms with Gasteiger partial charge in [0.1, 0.15) is 0 Å². The van der Waals surface area contributed by atoms with Crippen molar-refractivity contribution in [3.05, 3.63) is 56.3 Å². The predicted molar refractivity (Wildman–Crippen MR) is 105 cm³/mol. The van der Waals surface area contributed by atoms with Gasteiger partial charge in [-0.3, -0.25) is 15.0 Å². The molecule has 1 fully saturated rings. The van der Waals surface area contributed by atoms with Crippen LogP contribution in [0.5, 0.6) is 5.75 Å². The molecule has 1 N–H and O–H groups in total. The lowest BCUT2D eigenvalue weighted by atomic mass is 10.0. The second-order valence-electron chi connectivity index (χ2n) is 5.39. The summed E-state index contributed by atoms with van der Waals surface area (Å²) < 4.78 is 5.11. The van der Waals surface area contributed by atoms with Gasteiger partial charge in [-0.25, -0.2) is 0 Å². The van der Waals surface area contributed by atoms with Crippen LogP contribution >= 0.6 is 36.2 Å². The summed E-state index contributed by atoms with van der Waals surface area (Å²) in [6.45, 7) is 3.70. The Morgan fingerprint density at radius 3 is 2.56 bits per heavy atom. The fourth-order valence-corrected chi connectivity index (χ4v) is 3.85. The average molecular weight is 406 g/mol. The number of nitro benzene ring substituents is 1. The number of nitro groups is 1. The van der Waals surface area contributed by atoms with Crippen LogP contribution in [-0.4, -0.2) is 43.1 Å². The Morgan fingerprint density at radius 2 is 2.00 bits per heavy atom. The summed E-state index contributed by atoms with van der Waals surface area (Å²) in [5.41, 5.74) is 0.948. The van der Waals surface area contributed by atoms with E-state index in [1.807, 2.05) is 17.5 Å². The molecular formula is C16H21Cl2N3O3S. The quantitative estimate of drug-likeness (QED) is 0.608. The van der Waals surface area contributed by atoms with Gasteiger partial charge in [-0.2, -0.15) is 0 Å². The van der Waals surface area contributed by atoms with Crippen LogP contribution in [-0.2, 0) is 0 Å². The minimum Gasteiger partial charge on any atom is -0.490 e. The summed E-state index contributed by atoms with van der Waals surface area (Å²) in [5, 5.41) is 16.7. The highest BCUT2D eigenvalue weighted by Gasteiger charge is 2.27. The van der Waals surface area contributed by atoms with E-state index in [4.69, 9.17) is 4.74 Å². The van der Waals surface area contributed by atoms with Crippen molar-refractivity contribution in [3.63, 3.8) is 0 Å². The molecule has 9 heteroatoms. The van der Waals surface area contributed by atoms with Crippen LogP contribution < -0.4 is 10.1 Å². The summed E-state index contributed by atoms with van der Waals surface area (Å²) in [5.74, 6) is 0.295. The number of benzene rings is 1. The van der Waals surface area contributed by atoms with Gasteiger partial charge in [-0.1, -0.05) is 12.1 Å². The van der Waals surface area contributed by atoms with Gasteiger partial charge < -0.3 is 10.1 Å². The molecule has 0 saturated carbocycles. The molecule has 1 aliphatic rings. The number of piperazine rings is 1. The molecule has 138 valence electrons. The second kappa shape index (κ2) is 9.94. The second-order valence-corrected chi connectivity index (χ2v) is 6.37. The number of thiophene rings is 1. The Hall–Kier alpha value is -1.38. The normalized spacial score (nSPS) is 15.6. The molecule has 0 aliphatic carbocycles. The molecule has 25 heavy (non-hydrogen) atoms. The minimum absolute atomic E-state index is 0. The Bertz CT molecular complexity index is 679. The fourth-order valence-electron chi connectivity index (χ4n) is 2.96. The fraction of sp³-hybridized carbons (Fsp3) is 0.375. The van der Waals surface area contributed by atoms with Gasteiger partial charge in [-0.15, -0.1) is 36.2 Å². The molecule has 0 spiro atoms. The molecule has 1 saturated heterocycles. The van der Waals surface area contributed by atoms with E-state index in [0.29, 0.717) is 5.75 Å².